The third-order valence-corrected chi connectivity index (χ3v) is 5.62. The molecule has 35 heavy (non-hydrogen) atoms. The number of hydrogen-bond acceptors (Lipinski definition) is 8. The van der Waals surface area contributed by atoms with E-state index in [1.807, 2.05) is 0 Å². The normalized spacial score (nSPS) is 17.7. The van der Waals surface area contributed by atoms with Crippen molar-refractivity contribution in [2.75, 3.05) is 16.8 Å². The molecule has 3 atom stereocenters. The highest BCUT2D eigenvalue weighted by molar-refractivity contribution is 5.89. The fourth-order valence-electron chi connectivity index (χ4n) is 3.74. The molecule has 1 aliphatic rings. The van der Waals surface area contributed by atoms with E-state index in [2.05, 4.69) is 25.3 Å². The quantitative estimate of drug-likeness (QED) is 0.532. The number of nitrogens with zero attached hydrogens (tertiary/aromatic N) is 5. The predicted octanol–water partition coefficient (Wildman–Crippen LogP) is 4.14. The topological polar surface area (TPSA) is 113 Å². The molecule has 0 bridgehead atoms. The van der Waals surface area contributed by atoms with E-state index in [9.17, 15) is 23.1 Å². The Hall–Kier alpha value is -3.80. The van der Waals surface area contributed by atoms with Crippen molar-refractivity contribution < 1.29 is 27.8 Å². The number of ether oxygens (including phenoxy) is 1. The summed E-state index contributed by atoms with van der Waals surface area (Å²) in [7, 11) is 0. The molecule has 3 aromatic rings. The first-order valence-corrected chi connectivity index (χ1v) is 10.8. The molecule has 3 heterocycles. The molecule has 1 fully saturated rings. The lowest BCUT2D eigenvalue weighted by atomic mass is 10.0. The fourth-order valence-corrected chi connectivity index (χ4v) is 3.74. The van der Waals surface area contributed by atoms with E-state index < -0.39 is 36.0 Å². The minimum absolute atomic E-state index is 0.0539. The molecule has 12 heteroatoms. The van der Waals surface area contributed by atoms with Gasteiger partial charge in [0, 0.05) is 24.2 Å². The lowest BCUT2D eigenvalue weighted by Gasteiger charge is -2.23. The van der Waals surface area contributed by atoms with Gasteiger partial charge in [0.15, 0.2) is 0 Å². The molecule has 2 N–H and O–H groups in total. The minimum Gasteiger partial charge on any atom is -0.447 e. The molecular formula is C23H23F3N6O3. The van der Waals surface area contributed by atoms with Crippen molar-refractivity contribution in [1.82, 2.24) is 19.9 Å². The number of carbonyl (C=O) groups is 1. The Labute approximate surface area is 199 Å². The molecule has 9 nitrogen and oxygen atoms in total. The van der Waals surface area contributed by atoms with Crippen molar-refractivity contribution in [2.24, 2.45) is 0 Å². The molecule has 4 rings (SSSR count). The third kappa shape index (κ3) is 5.16. The number of hydrogen-bond donors (Lipinski definition) is 2. The lowest BCUT2D eigenvalue weighted by Crippen LogP contribution is -2.41. The summed E-state index contributed by atoms with van der Waals surface area (Å²) in [6.07, 6.45) is -1.28. The van der Waals surface area contributed by atoms with Gasteiger partial charge >= 0.3 is 12.3 Å². The Morgan fingerprint density at radius 2 is 1.86 bits per heavy atom. The number of amides is 1. The first-order valence-electron chi connectivity index (χ1n) is 10.8. The van der Waals surface area contributed by atoms with Crippen LogP contribution in [0.2, 0.25) is 0 Å². The highest BCUT2D eigenvalue weighted by atomic mass is 19.4. The molecule has 1 amide bonds. The fraction of sp³-hybridized carbons (Fsp3) is 0.348. The molecule has 0 spiro atoms. The molecule has 0 radical (unpaired) electrons. The summed E-state index contributed by atoms with van der Waals surface area (Å²) < 4.78 is 44.1. The molecule has 1 saturated heterocycles. The summed E-state index contributed by atoms with van der Waals surface area (Å²) in [5.41, 5.74) is 0.586. The summed E-state index contributed by atoms with van der Waals surface area (Å²) in [6, 6.07) is 4.44. The summed E-state index contributed by atoms with van der Waals surface area (Å²) in [5, 5.41) is 13.0. The van der Waals surface area contributed by atoms with Crippen LogP contribution < -0.4 is 10.2 Å². The van der Waals surface area contributed by atoms with Crippen LogP contribution in [0.1, 0.15) is 36.8 Å². The van der Waals surface area contributed by atoms with E-state index in [0.717, 1.165) is 6.07 Å². The summed E-state index contributed by atoms with van der Waals surface area (Å²) in [4.78, 5) is 30.6. The van der Waals surface area contributed by atoms with E-state index in [1.165, 1.54) is 48.6 Å². The minimum atomic E-state index is -4.41. The van der Waals surface area contributed by atoms with Gasteiger partial charge in [0.1, 0.15) is 24.3 Å². The number of benzene rings is 1. The first-order chi connectivity index (χ1) is 16.5. The third-order valence-electron chi connectivity index (χ3n) is 5.62. The Kier molecular flexibility index (Phi) is 6.57. The van der Waals surface area contributed by atoms with Crippen LogP contribution in [0.25, 0.3) is 11.1 Å². The number of aromatic nitrogens is 4. The maximum absolute atomic E-state index is 13.0. The molecular weight excluding hydrogens is 465 g/mol. The van der Waals surface area contributed by atoms with Gasteiger partial charge in [-0.2, -0.15) is 18.2 Å². The lowest BCUT2D eigenvalue weighted by molar-refractivity contribution is -0.138. The Balaban J connectivity index is 1.49. The van der Waals surface area contributed by atoms with Crippen molar-refractivity contribution >= 4 is 17.9 Å². The highest BCUT2D eigenvalue weighted by Crippen LogP contribution is 2.34. The molecule has 2 aromatic heterocycles. The van der Waals surface area contributed by atoms with Gasteiger partial charge in [-0.25, -0.2) is 19.7 Å². The maximum atomic E-state index is 13.0. The number of halogens is 3. The number of aliphatic hydroxyl groups is 1. The first kappa shape index (κ1) is 24.3. The van der Waals surface area contributed by atoms with Gasteiger partial charge < -0.3 is 15.2 Å². The molecule has 1 aromatic carbocycles. The largest absolute Gasteiger partial charge is 0.447 e. The zero-order chi connectivity index (χ0) is 25.3. The number of nitrogens with one attached hydrogen (secondary N) is 1. The number of aryl methyl sites for hydroxylation is 1. The SMILES string of the molecule is Cc1cc(-c2cnc([C@H](C)Nc3nccc(N4C(=O)OCC4[C@@H](C)O)n3)nc2)ccc1C(F)(F)F. The van der Waals surface area contributed by atoms with Crippen molar-refractivity contribution in [1.29, 1.82) is 0 Å². The Bertz CT molecular complexity index is 1220. The van der Waals surface area contributed by atoms with E-state index in [0.29, 0.717) is 17.0 Å². The van der Waals surface area contributed by atoms with Crippen LogP contribution >= 0.6 is 0 Å². The second-order valence-electron chi connectivity index (χ2n) is 8.22. The van der Waals surface area contributed by atoms with Crippen LogP contribution in [0, 0.1) is 6.92 Å². The monoisotopic (exact) mass is 488 g/mol. The smallest absolute Gasteiger partial charge is 0.416 e. The molecule has 1 unspecified atom stereocenters. The Morgan fingerprint density at radius 3 is 2.49 bits per heavy atom. The average Bonchev–Trinajstić information content (AvgIpc) is 3.20. The van der Waals surface area contributed by atoms with Crippen LogP contribution in [0.4, 0.5) is 29.7 Å². The van der Waals surface area contributed by atoms with Gasteiger partial charge in [-0.05, 0) is 44.0 Å². The standard InChI is InChI=1S/C23H23F3N6O3/c1-12-8-15(4-5-17(12)23(24,25)26)16-9-28-20(29-10-16)13(2)30-21-27-7-6-19(31-21)32-18(14(3)33)11-35-22(32)34/h4-10,13-14,18,33H,11H2,1-3H3,(H,27,30,31)/t13-,14+,18?/m0/s1. The van der Waals surface area contributed by atoms with Gasteiger partial charge in [0.05, 0.1) is 17.7 Å². The van der Waals surface area contributed by atoms with E-state index in [1.54, 1.807) is 13.8 Å². The van der Waals surface area contributed by atoms with Crippen molar-refractivity contribution in [3.63, 3.8) is 0 Å². The molecule has 0 saturated carbocycles. The van der Waals surface area contributed by atoms with Crippen LogP contribution in [0.3, 0.4) is 0 Å². The number of aliphatic hydroxyl groups excluding tert-OH is 1. The van der Waals surface area contributed by atoms with E-state index in [-0.39, 0.29) is 23.9 Å². The number of anilines is 2. The van der Waals surface area contributed by atoms with E-state index >= 15 is 0 Å². The van der Waals surface area contributed by atoms with Gasteiger partial charge in [-0.3, -0.25) is 4.90 Å². The van der Waals surface area contributed by atoms with Gasteiger partial charge in [-0.15, -0.1) is 0 Å². The zero-order valence-electron chi connectivity index (χ0n) is 19.1. The van der Waals surface area contributed by atoms with E-state index in [4.69, 9.17) is 4.74 Å². The second-order valence-corrected chi connectivity index (χ2v) is 8.22. The predicted molar refractivity (Wildman–Crippen MR) is 121 cm³/mol. The van der Waals surface area contributed by atoms with Gasteiger partial charge in [0.2, 0.25) is 5.95 Å². The number of rotatable bonds is 6. The van der Waals surface area contributed by atoms with Crippen LogP contribution in [-0.4, -0.2) is 49.9 Å². The summed E-state index contributed by atoms with van der Waals surface area (Å²) in [5.74, 6) is 0.899. The van der Waals surface area contributed by atoms with Crippen LogP contribution in [0.15, 0.2) is 42.9 Å². The van der Waals surface area contributed by atoms with Crippen molar-refractivity contribution in [3.8, 4) is 11.1 Å². The van der Waals surface area contributed by atoms with Crippen molar-refractivity contribution in [3.05, 3.63) is 59.8 Å². The number of cyclic esters (lactones) is 1. The molecule has 0 aliphatic carbocycles. The Morgan fingerprint density at radius 1 is 1.14 bits per heavy atom. The zero-order valence-corrected chi connectivity index (χ0v) is 19.1. The van der Waals surface area contributed by atoms with Crippen LogP contribution in [0.5, 0.6) is 0 Å². The summed E-state index contributed by atoms with van der Waals surface area (Å²) in [6.45, 7) is 4.82. The average molecular weight is 488 g/mol. The van der Waals surface area contributed by atoms with Gasteiger partial charge in [-0.1, -0.05) is 12.1 Å². The molecule has 1 aliphatic heterocycles. The second kappa shape index (κ2) is 9.45. The van der Waals surface area contributed by atoms with Gasteiger partial charge in [0.25, 0.3) is 0 Å². The number of alkyl halides is 3. The van der Waals surface area contributed by atoms with Crippen molar-refractivity contribution in [2.45, 2.75) is 45.1 Å². The summed E-state index contributed by atoms with van der Waals surface area (Å²) >= 11 is 0. The molecule has 184 valence electrons. The maximum Gasteiger partial charge on any atom is 0.416 e. The number of carbonyl (C=O) groups excluding carboxylic acids is 1. The highest BCUT2D eigenvalue weighted by Gasteiger charge is 2.38. The van der Waals surface area contributed by atoms with Crippen LogP contribution in [-0.2, 0) is 10.9 Å².